The first-order valence-electron chi connectivity index (χ1n) is 6.56. The van der Waals surface area contributed by atoms with Crippen LogP contribution in [0.2, 0.25) is 0 Å². The van der Waals surface area contributed by atoms with Crippen molar-refractivity contribution in [3.63, 3.8) is 0 Å². The summed E-state index contributed by atoms with van der Waals surface area (Å²) in [6.07, 6.45) is 3.98. The molecule has 2 aromatic rings. The zero-order valence-electron chi connectivity index (χ0n) is 10.8. The van der Waals surface area contributed by atoms with E-state index >= 15 is 0 Å². The van der Waals surface area contributed by atoms with Crippen molar-refractivity contribution in [2.45, 2.75) is 6.54 Å². The van der Waals surface area contributed by atoms with Gasteiger partial charge in [0.25, 0.3) is 5.91 Å². The predicted octanol–water partition coefficient (Wildman–Crippen LogP) is 0.986. The number of hydrogen-bond acceptors (Lipinski definition) is 2. The molecular weight excluding hydrogens is 240 g/mol. The lowest BCUT2D eigenvalue weighted by molar-refractivity contribution is -0.683. The predicted molar refractivity (Wildman–Crippen MR) is 71.5 cm³/mol. The van der Waals surface area contributed by atoms with Gasteiger partial charge in [-0.3, -0.25) is 4.79 Å². The molecule has 1 aliphatic rings. The smallest absolute Gasteiger partial charge is 0.288 e. The van der Waals surface area contributed by atoms with E-state index in [-0.39, 0.29) is 5.91 Å². The molecule has 98 valence electrons. The van der Waals surface area contributed by atoms with Crippen molar-refractivity contribution < 1.29 is 14.1 Å². The quantitative estimate of drug-likeness (QED) is 0.752. The third kappa shape index (κ3) is 2.74. The lowest BCUT2D eigenvalue weighted by Gasteiger charge is -2.25. The summed E-state index contributed by atoms with van der Waals surface area (Å²) in [5.74, 6) is 0.156. The molecule has 0 aliphatic carbocycles. The first kappa shape index (κ1) is 12.1. The Hall–Kier alpha value is -1.94. The molecule has 4 heteroatoms. The fraction of sp³-hybridized carbons (Fsp3) is 0.333. The molecule has 1 aromatic heterocycles. The van der Waals surface area contributed by atoms with Gasteiger partial charge in [-0.2, -0.15) is 4.57 Å². The average molecular weight is 257 g/mol. The number of nitrogens with zero attached hydrogens (tertiary/aromatic N) is 2. The molecule has 1 saturated heterocycles. The van der Waals surface area contributed by atoms with E-state index in [9.17, 15) is 4.79 Å². The second-order valence-corrected chi connectivity index (χ2v) is 4.74. The summed E-state index contributed by atoms with van der Waals surface area (Å²) in [6, 6.07) is 10.2. The van der Waals surface area contributed by atoms with Crippen LogP contribution in [0.1, 0.15) is 0 Å². The largest absolute Gasteiger partial charge is 0.378 e. The summed E-state index contributed by atoms with van der Waals surface area (Å²) in [4.78, 5) is 14.0. The summed E-state index contributed by atoms with van der Waals surface area (Å²) in [5, 5.41) is 2.34. The van der Waals surface area contributed by atoms with Crippen LogP contribution < -0.4 is 4.57 Å². The van der Waals surface area contributed by atoms with Gasteiger partial charge in [-0.05, 0) is 11.5 Å². The zero-order chi connectivity index (χ0) is 13.1. The van der Waals surface area contributed by atoms with Gasteiger partial charge >= 0.3 is 0 Å². The number of pyridine rings is 1. The highest BCUT2D eigenvalue weighted by Crippen LogP contribution is 2.09. The van der Waals surface area contributed by atoms with Crippen LogP contribution in [-0.2, 0) is 16.1 Å². The molecule has 0 unspecified atom stereocenters. The molecule has 1 aliphatic heterocycles. The van der Waals surface area contributed by atoms with E-state index in [2.05, 4.69) is 12.1 Å². The van der Waals surface area contributed by atoms with Crippen molar-refractivity contribution in [1.82, 2.24) is 4.90 Å². The summed E-state index contributed by atoms with van der Waals surface area (Å²) in [6.45, 7) is 3.09. The normalized spacial score (nSPS) is 15.7. The second-order valence-electron chi connectivity index (χ2n) is 4.74. The Morgan fingerprint density at radius 1 is 1.16 bits per heavy atom. The number of ether oxygens (including phenoxy) is 1. The van der Waals surface area contributed by atoms with Gasteiger partial charge in [0.05, 0.1) is 13.2 Å². The van der Waals surface area contributed by atoms with Crippen LogP contribution in [0, 0.1) is 0 Å². The number of carbonyl (C=O) groups excluding carboxylic acids is 1. The second kappa shape index (κ2) is 5.36. The minimum Gasteiger partial charge on any atom is -0.378 e. The lowest BCUT2D eigenvalue weighted by atomic mass is 10.2. The van der Waals surface area contributed by atoms with Gasteiger partial charge in [-0.25, -0.2) is 0 Å². The first-order chi connectivity index (χ1) is 9.33. The number of benzene rings is 1. The maximum Gasteiger partial charge on any atom is 0.288 e. The fourth-order valence-electron chi connectivity index (χ4n) is 2.35. The molecule has 19 heavy (non-hydrogen) atoms. The van der Waals surface area contributed by atoms with Gasteiger partial charge in [0, 0.05) is 24.5 Å². The number of morpholine rings is 1. The van der Waals surface area contributed by atoms with E-state index in [0.717, 1.165) is 5.39 Å². The van der Waals surface area contributed by atoms with Crippen molar-refractivity contribution in [3.05, 3.63) is 42.7 Å². The van der Waals surface area contributed by atoms with Crippen LogP contribution in [0.3, 0.4) is 0 Å². The van der Waals surface area contributed by atoms with Crippen LogP contribution in [-0.4, -0.2) is 37.1 Å². The van der Waals surface area contributed by atoms with Gasteiger partial charge in [0.15, 0.2) is 12.4 Å². The average Bonchev–Trinajstić information content (AvgIpc) is 2.48. The Labute approximate surface area is 112 Å². The van der Waals surface area contributed by atoms with E-state index in [0.29, 0.717) is 32.8 Å². The Kier molecular flexibility index (Phi) is 3.42. The van der Waals surface area contributed by atoms with Crippen LogP contribution in [0.15, 0.2) is 42.7 Å². The highest BCUT2D eigenvalue weighted by molar-refractivity contribution is 5.80. The Balaban J connectivity index is 1.75. The van der Waals surface area contributed by atoms with Gasteiger partial charge in [-0.1, -0.05) is 18.2 Å². The molecule has 0 spiro atoms. The summed E-state index contributed by atoms with van der Waals surface area (Å²) >= 11 is 0. The van der Waals surface area contributed by atoms with Gasteiger partial charge < -0.3 is 9.64 Å². The zero-order valence-corrected chi connectivity index (χ0v) is 10.8. The number of amides is 1. The highest BCUT2D eigenvalue weighted by Gasteiger charge is 2.20. The fourth-order valence-corrected chi connectivity index (χ4v) is 2.35. The van der Waals surface area contributed by atoms with Crippen molar-refractivity contribution in [1.29, 1.82) is 0 Å². The molecular formula is C15H17N2O2+. The Bertz CT molecular complexity index is 591. The number of rotatable bonds is 2. The summed E-state index contributed by atoms with van der Waals surface area (Å²) in [7, 11) is 0. The molecule has 2 heterocycles. The van der Waals surface area contributed by atoms with Crippen molar-refractivity contribution in [2.24, 2.45) is 0 Å². The minimum atomic E-state index is 0.156. The third-order valence-electron chi connectivity index (χ3n) is 3.43. The number of aromatic nitrogens is 1. The van der Waals surface area contributed by atoms with Crippen LogP contribution in [0.5, 0.6) is 0 Å². The van der Waals surface area contributed by atoms with E-state index in [1.165, 1.54) is 5.39 Å². The third-order valence-corrected chi connectivity index (χ3v) is 3.43. The van der Waals surface area contributed by atoms with Gasteiger partial charge in [0.1, 0.15) is 0 Å². The van der Waals surface area contributed by atoms with Crippen LogP contribution >= 0.6 is 0 Å². The van der Waals surface area contributed by atoms with E-state index in [1.54, 1.807) is 0 Å². The molecule has 0 atom stereocenters. The number of carbonyl (C=O) groups is 1. The molecule has 0 bridgehead atoms. The van der Waals surface area contributed by atoms with Crippen molar-refractivity contribution in [3.8, 4) is 0 Å². The van der Waals surface area contributed by atoms with E-state index in [4.69, 9.17) is 4.74 Å². The highest BCUT2D eigenvalue weighted by atomic mass is 16.5. The molecule has 1 aromatic carbocycles. The molecule has 1 fully saturated rings. The molecule has 0 saturated carbocycles. The molecule has 1 amide bonds. The number of hydrogen-bond donors (Lipinski definition) is 0. The minimum absolute atomic E-state index is 0.156. The standard InChI is InChI=1S/C15H17N2O2/c18-15(17-7-9-19-10-8-17)12-16-6-5-13-3-1-2-4-14(13)11-16/h1-6,11H,7-10,12H2/q+1. The van der Waals surface area contributed by atoms with Crippen molar-refractivity contribution in [2.75, 3.05) is 26.3 Å². The topological polar surface area (TPSA) is 33.4 Å². The maximum atomic E-state index is 12.2. The lowest BCUT2D eigenvalue weighted by Crippen LogP contribution is -2.48. The Morgan fingerprint density at radius 3 is 2.68 bits per heavy atom. The van der Waals surface area contributed by atoms with Crippen LogP contribution in [0.25, 0.3) is 10.8 Å². The van der Waals surface area contributed by atoms with Gasteiger partial charge in [-0.15, -0.1) is 0 Å². The maximum absolute atomic E-state index is 12.2. The molecule has 0 N–H and O–H groups in total. The monoisotopic (exact) mass is 257 g/mol. The summed E-state index contributed by atoms with van der Waals surface area (Å²) in [5.41, 5.74) is 0. The summed E-state index contributed by atoms with van der Waals surface area (Å²) < 4.78 is 7.20. The molecule has 4 nitrogen and oxygen atoms in total. The van der Waals surface area contributed by atoms with Gasteiger partial charge in [0.2, 0.25) is 6.54 Å². The molecule has 0 radical (unpaired) electrons. The SMILES string of the molecule is O=C(C[n+]1ccc2ccccc2c1)N1CCOCC1. The number of fused-ring (bicyclic) bond motifs is 1. The first-order valence-corrected chi connectivity index (χ1v) is 6.56. The van der Waals surface area contributed by atoms with Crippen LogP contribution in [0.4, 0.5) is 0 Å². The molecule has 3 rings (SSSR count). The van der Waals surface area contributed by atoms with E-state index < -0.39 is 0 Å². The Morgan fingerprint density at radius 2 is 1.89 bits per heavy atom. The van der Waals surface area contributed by atoms with E-state index in [1.807, 2.05) is 40.1 Å². The van der Waals surface area contributed by atoms with Crippen molar-refractivity contribution >= 4 is 16.7 Å².